The van der Waals surface area contributed by atoms with Crippen molar-refractivity contribution < 1.29 is 14.4 Å². The van der Waals surface area contributed by atoms with Gasteiger partial charge in [0.1, 0.15) is 0 Å². The first-order chi connectivity index (χ1) is 12.5. The number of hydrogen-bond acceptors (Lipinski definition) is 4. The molecule has 26 heavy (non-hydrogen) atoms. The van der Waals surface area contributed by atoms with E-state index in [0.717, 1.165) is 22.9 Å². The van der Waals surface area contributed by atoms with Gasteiger partial charge in [0.2, 0.25) is 0 Å². The molecule has 6 heteroatoms. The second kappa shape index (κ2) is 7.58. The molecule has 0 radical (unpaired) electrons. The number of benzene rings is 2. The van der Waals surface area contributed by atoms with E-state index in [-0.39, 0.29) is 17.2 Å². The van der Waals surface area contributed by atoms with Crippen LogP contribution < -0.4 is 5.32 Å². The Labute approximate surface area is 156 Å². The number of rotatable bonds is 4. The van der Waals surface area contributed by atoms with Gasteiger partial charge in [-0.15, -0.1) is 0 Å². The van der Waals surface area contributed by atoms with Crippen LogP contribution in [0.1, 0.15) is 34.5 Å². The number of nitrogens with zero attached hydrogens (tertiary/aromatic N) is 1. The second-order valence-electron chi connectivity index (χ2n) is 5.98. The maximum Gasteiger partial charge on any atom is 0.290 e. The lowest BCUT2D eigenvalue weighted by atomic mass is 10.1. The van der Waals surface area contributed by atoms with Crippen molar-refractivity contribution in [2.75, 3.05) is 7.05 Å². The lowest BCUT2D eigenvalue weighted by Crippen LogP contribution is -2.29. The number of thioether (sulfide) groups is 1. The van der Waals surface area contributed by atoms with E-state index in [9.17, 15) is 14.4 Å². The molecule has 0 saturated carbocycles. The number of nitrogens with one attached hydrogen (secondary N) is 1. The highest BCUT2D eigenvalue weighted by Gasteiger charge is 2.25. The molecule has 2 aromatic carbocycles. The normalized spacial score (nSPS) is 16.5. The molecule has 1 heterocycles. The van der Waals surface area contributed by atoms with Gasteiger partial charge in [-0.05, 0) is 48.0 Å². The van der Waals surface area contributed by atoms with Gasteiger partial charge < -0.3 is 4.90 Å². The highest BCUT2D eigenvalue weighted by atomic mass is 32.2. The van der Waals surface area contributed by atoms with E-state index in [0.29, 0.717) is 10.5 Å². The van der Waals surface area contributed by atoms with Gasteiger partial charge in [0.15, 0.2) is 0 Å². The Hall–Kier alpha value is -2.86. The van der Waals surface area contributed by atoms with Crippen LogP contribution in [0.4, 0.5) is 4.79 Å². The molecule has 1 unspecified atom stereocenters. The fourth-order valence-electron chi connectivity index (χ4n) is 2.63. The summed E-state index contributed by atoms with van der Waals surface area (Å²) in [7, 11) is 1.78. The van der Waals surface area contributed by atoms with Crippen LogP contribution in [0.15, 0.2) is 59.5 Å². The van der Waals surface area contributed by atoms with Gasteiger partial charge in [-0.25, -0.2) is 0 Å². The van der Waals surface area contributed by atoms with Crippen molar-refractivity contribution in [3.63, 3.8) is 0 Å². The van der Waals surface area contributed by atoms with Crippen molar-refractivity contribution in [2.45, 2.75) is 13.0 Å². The first kappa shape index (κ1) is 17.9. The first-order valence-electron chi connectivity index (χ1n) is 8.13. The maximum atomic E-state index is 12.7. The quantitative estimate of drug-likeness (QED) is 0.835. The van der Waals surface area contributed by atoms with E-state index in [2.05, 4.69) is 5.32 Å². The summed E-state index contributed by atoms with van der Waals surface area (Å²) in [5, 5.41) is 1.84. The molecule has 1 aliphatic heterocycles. The Morgan fingerprint density at radius 3 is 2.31 bits per heavy atom. The van der Waals surface area contributed by atoms with Crippen LogP contribution >= 0.6 is 11.8 Å². The smallest absolute Gasteiger partial charge is 0.290 e. The first-order valence-corrected chi connectivity index (χ1v) is 8.94. The SMILES string of the molecule is CC(c1ccccc1)N(C)C(=O)c1ccc(C=C2SC(=O)NC2=O)cc1. The highest BCUT2D eigenvalue weighted by molar-refractivity contribution is 8.18. The summed E-state index contributed by atoms with van der Waals surface area (Å²) in [6.45, 7) is 1.99. The van der Waals surface area contributed by atoms with Gasteiger partial charge >= 0.3 is 0 Å². The van der Waals surface area contributed by atoms with E-state index >= 15 is 0 Å². The minimum absolute atomic E-state index is 0.0462. The lowest BCUT2D eigenvalue weighted by molar-refractivity contribution is -0.115. The van der Waals surface area contributed by atoms with Gasteiger partial charge in [-0.1, -0.05) is 42.5 Å². The van der Waals surface area contributed by atoms with Gasteiger partial charge in [-0.2, -0.15) is 0 Å². The second-order valence-corrected chi connectivity index (χ2v) is 6.99. The van der Waals surface area contributed by atoms with Crippen molar-refractivity contribution in [1.82, 2.24) is 10.2 Å². The molecule has 1 fully saturated rings. The van der Waals surface area contributed by atoms with Crippen LogP contribution in [-0.2, 0) is 4.79 Å². The third-order valence-electron chi connectivity index (χ3n) is 4.28. The minimum Gasteiger partial charge on any atom is -0.335 e. The minimum atomic E-state index is -0.392. The van der Waals surface area contributed by atoms with E-state index in [1.807, 2.05) is 37.3 Å². The lowest BCUT2D eigenvalue weighted by Gasteiger charge is -2.25. The predicted molar refractivity (Wildman–Crippen MR) is 102 cm³/mol. The predicted octanol–water partition coefficient (Wildman–Crippen LogP) is 3.84. The van der Waals surface area contributed by atoms with Gasteiger partial charge in [0.05, 0.1) is 10.9 Å². The molecule has 1 saturated heterocycles. The third kappa shape index (κ3) is 3.86. The number of imide groups is 1. The summed E-state index contributed by atoms with van der Waals surface area (Å²) in [6.07, 6.45) is 1.63. The molecule has 0 aromatic heterocycles. The van der Waals surface area contributed by atoms with Gasteiger partial charge in [0, 0.05) is 12.6 Å². The van der Waals surface area contributed by atoms with E-state index < -0.39 is 5.91 Å². The number of carbonyl (C=O) groups excluding carboxylic acids is 3. The molecule has 3 amide bonds. The van der Waals surface area contributed by atoms with Crippen molar-refractivity contribution in [3.8, 4) is 0 Å². The zero-order chi connectivity index (χ0) is 18.7. The van der Waals surface area contributed by atoms with Crippen molar-refractivity contribution in [2.24, 2.45) is 0 Å². The molecule has 1 aliphatic rings. The standard InChI is InChI=1S/C20H18N2O3S/c1-13(15-6-4-3-5-7-15)22(2)19(24)16-10-8-14(9-11-16)12-17-18(23)21-20(25)26-17/h3-13H,1-2H3,(H,21,23,25). The van der Waals surface area contributed by atoms with Crippen molar-refractivity contribution in [1.29, 1.82) is 0 Å². The highest BCUT2D eigenvalue weighted by Crippen LogP contribution is 2.26. The largest absolute Gasteiger partial charge is 0.335 e. The summed E-state index contributed by atoms with van der Waals surface area (Å²) >= 11 is 0.872. The van der Waals surface area contributed by atoms with E-state index in [1.54, 1.807) is 42.3 Å². The molecule has 5 nitrogen and oxygen atoms in total. The number of hydrogen-bond donors (Lipinski definition) is 1. The molecule has 3 rings (SSSR count). The van der Waals surface area contributed by atoms with Gasteiger partial charge in [0.25, 0.3) is 17.1 Å². The Morgan fingerprint density at radius 2 is 1.73 bits per heavy atom. The molecule has 132 valence electrons. The number of carbonyl (C=O) groups is 3. The molecule has 0 bridgehead atoms. The summed E-state index contributed by atoms with van der Waals surface area (Å²) in [5.74, 6) is -0.472. The average molecular weight is 366 g/mol. The molecule has 0 spiro atoms. The van der Waals surface area contributed by atoms with Crippen molar-refractivity contribution >= 4 is 34.9 Å². The van der Waals surface area contributed by atoms with Crippen LogP contribution in [0, 0.1) is 0 Å². The average Bonchev–Trinajstić information content (AvgIpc) is 2.98. The monoisotopic (exact) mass is 366 g/mol. The summed E-state index contributed by atoms with van der Waals surface area (Å²) in [6, 6.07) is 16.8. The van der Waals surface area contributed by atoms with Gasteiger partial charge in [-0.3, -0.25) is 19.7 Å². The Balaban J connectivity index is 1.74. The van der Waals surface area contributed by atoms with Crippen LogP contribution in [0.25, 0.3) is 6.08 Å². The molecule has 1 N–H and O–H groups in total. The molecular formula is C20H18N2O3S. The molecule has 0 aliphatic carbocycles. The summed E-state index contributed by atoms with van der Waals surface area (Å²) in [5.41, 5.74) is 2.39. The molecule has 2 aromatic rings. The van der Waals surface area contributed by atoms with Crippen LogP contribution in [-0.4, -0.2) is 29.0 Å². The summed E-state index contributed by atoms with van der Waals surface area (Å²) in [4.78, 5) is 37.5. The maximum absolute atomic E-state index is 12.7. The fourth-order valence-corrected chi connectivity index (χ4v) is 3.31. The van der Waals surface area contributed by atoms with Crippen LogP contribution in [0.2, 0.25) is 0 Å². The Morgan fingerprint density at radius 1 is 1.08 bits per heavy atom. The topological polar surface area (TPSA) is 66.5 Å². The van der Waals surface area contributed by atoms with Crippen LogP contribution in [0.5, 0.6) is 0 Å². The zero-order valence-electron chi connectivity index (χ0n) is 14.4. The molecule has 1 atom stereocenters. The van der Waals surface area contributed by atoms with E-state index in [4.69, 9.17) is 0 Å². The number of amides is 3. The third-order valence-corrected chi connectivity index (χ3v) is 5.09. The van der Waals surface area contributed by atoms with Crippen LogP contribution in [0.3, 0.4) is 0 Å². The van der Waals surface area contributed by atoms with E-state index in [1.165, 1.54) is 0 Å². The summed E-state index contributed by atoms with van der Waals surface area (Å²) < 4.78 is 0. The zero-order valence-corrected chi connectivity index (χ0v) is 15.2. The fraction of sp³-hybridized carbons (Fsp3) is 0.150. The van der Waals surface area contributed by atoms with Crippen molar-refractivity contribution in [3.05, 3.63) is 76.2 Å². The molecular weight excluding hydrogens is 348 g/mol. The Bertz CT molecular complexity index is 876. The Kier molecular flexibility index (Phi) is 5.23.